The third-order valence-electron chi connectivity index (χ3n) is 2.58. The molecular formula is C13H13NO2. The van der Waals surface area contributed by atoms with E-state index in [1.54, 1.807) is 18.5 Å². The maximum absolute atomic E-state index is 10.8. The van der Waals surface area contributed by atoms with Gasteiger partial charge in [-0.3, -0.25) is 0 Å². The summed E-state index contributed by atoms with van der Waals surface area (Å²) in [5, 5.41) is 8.86. The van der Waals surface area contributed by atoms with E-state index in [0.29, 0.717) is 5.56 Å². The molecule has 16 heavy (non-hydrogen) atoms. The van der Waals surface area contributed by atoms with E-state index < -0.39 is 5.97 Å². The highest BCUT2D eigenvalue weighted by Gasteiger charge is 2.07. The van der Waals surface area contributed by atoms with Crippen LogP contribution in [0.3, 0.4) is 0 Å². The van der Waals surface area contributed by atoms with Gasteiger partial charge in [0.15, 0.2) is 0 Å². The average Bonchev–Trinajstić information content (AvgIpc) is 2.70. The molecule has 0 saturated heterocycles. The summed E-state index contributed by atoms with van der Waals surface area (Å²) >= 11 is 0. The average molecular weight is 215 g/mol. The highest BCUT2D eigenvalue weighted by Crippen LogP contribution is 2.17. The topological polar surface area (TPSA) is 42.2 Å². The summed E-state index contributed by atoms with van der Waals surface area (Å²) in [6.07, 6.45) is 3.40. The van der Waals surface area contributed by atoms with Crippen LogP contribution in [0.4, 0.5) is 0 Å². The second kappa shape index (κ2) is 3.85. The van der Waals surface area contributed by atoms with Crippen LogP contribution in [0.2, 0.25) is 0 Å². The van der Waals surface area contributed by atoms with Crippen LogP contribution in [-0.4, -0.2) is 15.6 Å². The lowest BCUT2D eigenvalue weighted by Gasteiger charge is -2.07. The standard InChI is InChI=1S/C13H13NO2/c1-9-3-4-10(2)12(7-9)14-6-5-11(8-14)13(15)16/h3-8H,1-2H3,(H,15,16). The van der Waals surface area contributed by atoms with Gasteiger partial charge in [-0.15, -0.1) is 0 Å². The second-order valence-electron chi connectivity index (χ2n) is 3.90. The second-order valence-corrected chi connectivity index (χ2v) is 3.90. The lowest BCUT2D eigenvalue weighted by atomic mass is 10.1. The molecule has 0 bridgehead atoms. The van der Waals surface area contributed by atoms with Crippen molar-refractivity contribution in [1.29, 1.82) is 0 Å². The Morgan fingerprint density at radius 1 is 1.25 bits per heavy atom. The van der Waals surface area contributed by atoms with E-state index in [1.807, 2.05) is 36.6 Å². The maximum Gasteiger partial charge on any atom is 0.337 e. The Labute approximate surface area is 94.0 Å². The minimum atomic E-state index is -0.899. The molecule has 1 heterocycles. The van der Waals surface area contributed by atoms with Crippen molar-refractivity contribution < 1.29 is 9.90 Å². The van der Waals surface area contributed by atoms with E-state index in [-0.39, 0.29) is 0 Å². The van der Waals surface area contributed by atoms with E-state index in [0.717, 1.165) is 16.8 Å². The van der Waals surface area contributed by atoms with Gasteiger partial charge < -0.3 is 9.67 Å². The number of hydrogen-bond acceptors (Lipinski definition) is 1. The smallest absolute Gasteiger partial charge is 0.337 e. The summed E-state index contributed by atoms with van der Waals surface area (Å²) in [6.45, 7) is 4.03. The van der Waals surface area contributed by atoms with Crippen molar-refractivity contribution in [2.24, 2.45) is 0 Å². The Balaban J connectivity index is 2.50. The van der Waals surface area contributed by atoms with Gasteiger partial charge in [0.05, 0.1) is 5.56 Å². The molecule has 3 heteroatoms. The molecule has 0 fully saturated rings. The van der Waals surface area contributed by atoms with E-state index >= 15 is 0 Å². The van der Waals surface area contributed by atoms with Crippen LogP contribution in [0.1, 0.15) is 21.5 Å². The van der Waals surface area contributed by atoms with Gasteiger partial charge in [0.25, 0.3) is 0 Å². The molecule has 82 valence electrons. The summed E-state index contributed by atoms with van der Waals surface area (Å²) in [6, 6.07) is 7.72. The summed E-state index contributed by atoms with van der Waals surface area (Å²) in [7, 11) is 0. The zero-order valence-electron chi connectivity index (χ0n) is 9.27. The number of aryl methyl sites for hydroxylation is 2. The monoisotopic (exact) mass is 215 g/mol. The molecule has 0 aliphatic heterocycles. The van der Waals surface area contributed by atoms with Crippen molar-refractivity contribution in [3.8, 4) is 5.69 Å². The van der Waals surface area contributed by atoms with Gasteiger partial charge >= 0.3 is 5.97 Å². The van der Waals surface area contributed by atoms with Crippen molar-refractivity contribution >= 4 is 5.97 Å². The molecule has 0 spiro atoms. The van der Waals surface area contributed by atoms with Gasteiger partial charge in [-0.1, -0.05) is 12.1 Å². The number of benzene rings is 1. The summed E-state index contributed by atoms with van der Waals surface area (Å²) in [5.74, 6) is -0.899. The molecule has 2 rings (SSSR count). The molecule has 0 aliphatic carbocycles. The Morgan fingerprint density at radius 3 is 2.62 bits per heavy atom. The van der Waals surface area contributed by atoms with E-state index in [2.05, 4.69) is 0 Å². The van der Waals surface area contributed by atoms with Gasteiger partial charge in [0, 0.05) is 18.1 Å². The molecule has 2 aromatic rings. The number of carboxylic acids is 1. The fourth-order valence-electron chi connectivity index (χ4n) is 1.67. The van der Waals surface area contributed by atoms with Crippen LogP contribution in [0.25, 0.3) is 5.69 Å². The van der Waals surface area contributed by atoms with Gasteiger partial charge in [0.1, 0.15) is 0 Å². The number of hydrogen-bond donors (Lipinski definition) is 1. The van der Waals surface area contributed by atoms with E-state index in [9.17, 15) is 4.79 Å². The molecule has 0 unspecified atom stereocenters. The number of aromatic carboxylic acids is 1. The first kappa shape index (κ1) is 10.5. The third kappa shape index (κ3) is 1.84. The molecule has 1 aromatic carbocycles. The Bertz CT molecular complexity index is 541. The number of nitrogens with zero attached hydrogens (tertiary/aromatic N) is 1. The van der Waals surface area contributed by atoms with Crippen molar-refractivity contribution in [2.75, 3.05) is 0 Å². The van der Waals surface area contributed by atoms with E-state index in [4.69, 9.17) is 5.11 Å². The van der Waals surface area contributed by atoms with Gasteiger partial charge in [0.2, 0.25) is 0 Å². The van der Waals surface area contributed by atoms with Crippen LogP contribution >= 0.6 is 0 Å². The van der Waals surface area contributed by atoms with Gasteiger partial charge in [-0.25, -0.2) is 4.79 Å². The SMILES string of the molecule is Cc1ccc(C)c(-n2ccc(C(=O)O)c2)c1. The van der Waals surface area contributed by atoms with Crippen LogP contribution < -0.4 is 0 Å². The molecule has 0 saturated carbocycles. The van der Waals surface area contributed by atoms with E-state index in [1.165, 1.54) is 0 Å². The normalized spacial score (nSPS) is 10.4. The van der Waals surface area contributed by atoms with Crippen molar-refractivity contribution in [1.82, 2.24) is 4.57 Å². The lowest BCUT2D eigenvalue weighted by molar-refractivity contribution is 0.0697. The predicted molar refractivity (Wildman–Crippen MR) is 62.2 cm³/mol. The summed E-state index contributed by atoms with van der Waals surface area (Å²) in [4.78, 5) is 10.8. The van der Waals surface area contributed by atoms with Crippen molar-refractivity contribution in [2.45, 2.75) is 13.8 Å². The third-order valence-corrected chi connectivity index (χ3v) is 2.58. The molecule has 3 nitrogen and oxygen atoms in total. The number of aromatic nitrogens is 1. The Kier molecular flexibility index (Phi) is 2.52. The first-order valence-corrected chi connectivity index (χ1v) is 5.07. The number of rotatable bonds is 2. The Morgan fingerprint density at radius 2 is 2.00 bits per heavy atom. The molecule has 0 aliphatic rings. The zero-order valence-corrected chi connectivity index (χ0v) is 9.27. The number of carbonyl (C=O) groups is 1. The predicted octanol–water partition coefficient (Wildman–Crippen LogP) is 2.79. The molecule has 0 radical (unpaired) electrons. The summed E-state index contributed by atoms with van der Waals surface area (Å²) in [5.41, 5.74) is 3.61. The highest BCUT2D eigenvalue weighted by molar-refractivity contribution is 5.87. The van der Waals surface area contributed by atoms with Crippen LogP contribution in [0.15, 0.2) is 36.7 Å². The lowest BCUT2D eigenvalue weighted by Crippen LogP contribution is -1.96. The quantitative estimate of drug-likeness (QED) is 0.837. The minimum absolute atomic E-state index is 0.306. The van der Waals surface area contributed by atoms with Crippen LogP contribution in [-0.2, 0) is 0 Å². The first-order valence-electron chi connectivity index (χ1n) is 5.07. The zero-order chi connectivity index (χ0) is 11.7. The largest absolute Gasteiger partial charge is 0.478 e. The minimum Gasteiger partial charge on any atom is -0.478 e. The molecule has 0 amide bonds. The van der Waals surface area contributed by atoms with Crippen LogP contribution in [0, 0.1) is 13.8 Å². The number of carboxylic acid groups (broad SMARTS) is 1. The maximum atomic E-state index is 10.8. The van der Waals surface area contributed by atoms with Crippen molar-refractivity contribution in [3.63, 3.8) is 0 Å². The van der Waals surface area contributed by atoms with Crippen LogP contribution in [0.5, 0.6) is 0 Å². The fraction of sp³-hybridized carbons (Fsp3) is 0.154. The molecule has 1 aromatic heterocycles. The Hall–Kier alpha value is -2.03. The van der Waals surface area contributed by atoms with Gasteiger partial charge in [-0.05, 0) is 37.1 Å². The molecule has 1 N–H and O–H groups in total. The first-order chi connectivity index (χ1) is 7.58. The molecule has 0 atom stereocenters. The summed E-state index contributed by atoms with van der Waals surface area (Å²) < 4.78 is 1.84. The fourth-order valence-corrected chi connectivity index (χ4v) is 1.67. The highest BCUT2D eigenvalue weighted by atomic mass is 16.4. The molecular weight excluding hydrogens is 202 g/mol. The van der Waals surface area contributed by atoms with Gasteiger partial charge in [-0.2, -0.15) is 0 Å². The van der Waals surface area contributed by atoms with Crippen molar-refractivity contribution in [3.05, 3.63) is 53.3 Å².